The Morgan fingerprint density at radius 1 is 1.00 bits per heavy atom. The summed E-state index contributed by atoms with van der Waals surface area (Å²) in [5.74, 6) is 0. The predicted molar refractivity (Wildman–Crippen MR) is 101 cm³/mol. The van der Waals surface area contributed by atoms with Gasteiger partial charge in [0.1, 0.15) is 0 Å². The van der Waals surface area contributed by atoms with Crippen LogP contribution in [0.15, 0.2) is 34.8 Å². The monoisotopic (exact) mass is 378 g/mol. The van der Waals surface area contributed by atoms with Gasteiger partial charge in [0, 0.05) is 23.6 Å². The fourth-order valence-electron chi connectivity index (χ4n) is 2.50. The third-order valence-corrected chi connectivity index (χ3v) is 7.02. The maximum atomic E-state index is 3.57. The van der Waals surface area contributed by atoms with Crippen molar-refractivity contribution >= 4 is 48.0 Å². The number of benzene rings is 1. The molecule has 0 saturated carbocycles. The van der Waals surface area contributed by atoms with E-state index < -0.39 is 0 Å². The van der Waals surface area contributed by atoms with Crippen LogP contribution in [0.3, 0.4) is 0 Å². The molecule has 3 aromatic rings. The Kier molecular flexibility index (Phi) is 4.82. The summed E-state index contributed by atoms with van der Waals surface area (Å²) in [5.41, 5.74) is 2.63. The molecule has 110 valence electrons. The minimum absolute atomic E-state index is 1.18. The van der Waals surface area contributed by atoms with Gasteiger partial charge in [0.2, 0.25) is 0 Å². The summed E-state index contributed by atoms with van der Waals surface area (Å²) in [6, 6.07) is 11.4. The van der Waals surface area contributed by atoms with Crippen molar-refractivity contribution in [3.05, 3.63) is 45.2 Å². The second-order valence-corrected chi connectivity index (χ2v) is 8.58. The van der Waals surface area contributed by atoms with Crippen LogP contribution in [0.25, 0.3) is 19.8 Å². The summed E-state index contributed by atoms with van der Waals surface area (Å²) in [5, 5.41) is 0. The zero-order chi connectivity index (χ0) is 14.8. The topological polar surface area (TPSA) is 0 Å². The van der Waals surface area contributed by atoms with Crippen LogP contribution in [0.5, 0.6) is 0 Å². The lowest BCUT2D eigenvalue weighted by Crippen LogP contribution is -1.79. The second kappa shape index (κ2) is 6.64. The minimum Gasteiger partial charge on any atom is -0.139 e. The molecule has 3 rings (SSSR count). The first-order chi connectivity index (χ1) is 10.2. The van der Waals surface area contributed by atoms with Crippen LogP contribution in [0.2, 0.25) is 0 Å². The van der Waals surface area contributed by atoms with E-state index in [2.05, 4.69) is 60.1 Å². The molecule has 21 heavy (non-hydrogen) atoms. The number of thiophene rings is 2. The first-order valence-electron chi connectivity index (χ1n) is 7.46. The van der Waals surface area contributed by atoms with Crippen LogP contribution in [0.4, 0.5) is 0 Å². The Morgan fingerprint density at radius 3 is 2.52 bits per heavy atom. The number of hydrogen-bond donors (Lipinski definition) is 0. The van der Waals surface area contributed by atoms with Crippen molar-refractivity contribution in [2.45, 2.75) is 39.5 Å². The molecule has 0 amide bonds. The van der Waals surface area contributed by atoms with E-state index in [-0.39, 0.29) is 0 Å². The van der Waals surface area contributed by atoms with Crippen LogP contribution in [0.1, 0.15) is 36.6 Å². The van der Waals surface area contributed by atoms with E-state index in [1.54, 1.807) is 4.88 Å². The third-order valence-electron chi connectivity index (χ3n) is 3.73. The summed E-state index contributed by atoms with van der Waals surface area (Å²) in [6.07, 6.45) is 5.21. The van der Waals surface area contributed by atoms with Crippen LogP contribution in [-0.2, 0) is 6.42 Å². The lowest BCUT2D eigenvalue weighted by Gasteiger charge is -2.01. The van der Waals surface area contributed by atoms with Gasteiger partial charge in [-0.2, -0.15) is 0 Å². The van der Waals surface area contributed by atoms with Gasteiger partial charge in [-0.15, -0.1) is 22.7 Å². The molecule has 0 fully saturated rings. The zero-order valence-electron chi connectivity index (χ0n) is 12.4. The van der Waals surface area contributed by atoms with E-state index in [0.717, 1.165) is 0 Å². The first-order valence-corrected chi connectivity index (χ1v) is 9.88. The Bertz CT molecular complexity index is 720. The highest BCUT2D eigenvalue weighted by atomic mass is 79.9. The minimum atomic E-state index is 1.18. The van der Waals surface area contributed by atoms with Gasteiger partial charge in [0.15, 0.2) is 0 Å². The molecule has 0 atom stereocenters. The Hall–Kier alpha value is -0.640. The SMILES string of the molecule is CCCCCc1cc2sc(-c3ccc(Br)c(C)c3)cc2s1. The Balaban J connectivity index is 1.84. The number of rotatable bonds is 5. The second-order valence-electron chi connectivity index (χ2n) is 5.47. The first kappa shape index (κ1) is 15.3. The molecule has 0 nitrogen and oxygen atoms in total. The molecule has 0 N–H and O–H groups in total. The van der Waals surface area contributed by atoms with Crippen molar-refractivity contribution in [1.82, 2.24) is 0 Å². The van der Waals surface area contributed by atoms with Crippen molar-refractivity contribution in [1.29, 1.82) is 0 Å². The molecule has 2 heterocycles. The van der Waals surface area contributed by atoms with Crippen LogP contribution >= 0.6 is 38.6 Å². The zero-order valence-corrected chi connectivity index (χ0v) is 15.6. The molecule has 0 bridgehead atoms. The summed E-state index contributed by atoms with van der Waals surface area (Å²) in [7, 11) is 0. The molecule has 0 spiro atoms. The fourth-order valence-corrected chi connectivity index (χ4v) is 5.21. The number of hydrogen-bond acceptors (Lipinski definition) is 2. The maximum Gasteiger partial charge on any atom is 0.0460 e. The Labute approximate surface area is 143 Å². The van der Waals surface area contributed by atoms with E-state index in [4.69, 9.17) is 0 Å². The highest BCUT2D eigenvalue weighted by Crippen LogP contribution is 2.39. The van der Waals surface area contributed by atoms with E-state index in [9.17, 15) is 0 Å². The molecule has 0 aliphatic heterocycles. The van der Waals surface area contributed by atoms with E-state index in [1.807, 2.05) is 22.7 Å². The van der Waals surface area contributed by atoms with Gasteiger partial charge in [0.05, 0.1) is 0 Å². The highest BCUT2D eigenvalue weighted by molar-refractivity contribution is 9.10. The van der Waals surface area contributed by atoms with E-state index in [1.165, 1.54) is 55.6 Å². The highest BCUT2D eigenvalue weighted by Gasteiger charge is 2.09. The van der Waals surface area contributed by atoms with Gasteiger partial charge < -0.3 is 0 Å². The van der Waals surface area contributed by atoms with Gasteiger partial charge in [-0.05, 0) is 55.2 Å². The third kappa shape index (κ3) is 3.41. The lowest BCUT2D eigenvalue weighted by atomic mass is 10.1. The molecule has 0 aliphatic carbocycles. The molecule has 0 saturated heterocycles. The molecular formula is C18H19BrS2. The molecular weight excluding hydrogens is 360 g/mol. The average molecular weight is 379 g/mol. The quantitative estimate of drug-likeness (QED) is 0.404. The summed E-state index contributed by atoms with van der Waals surface area (Å²) >= 11 is 7.47. The van der Waals surface area contributed by atoms with Crippen molar-refractivity contribution < 1.29 is 0 Å². The van der Waals surface area contributed by atoms with Crippen LogP contribution in [0, 0.1) is 6.92 Å². The normalized spacial score (nSPS) is 11.4. The summed E-state index contributed by atoms with van der Waals surface area (Å²) in [6.45, 7) is 4.41. The van der Waals surface area contributed by atoms with Gasteiger partial charge in [0.25, 0.3) is 0 Å². The van der Waals surface area contributed by atoms with E-state index in [0.29, 0.717) is 0 Å². The molecule has 3 heteroatoms. The van der Waals surface area contributed by atoms with Crippen LogP contribution < -0.4 is 0 Å². The smallest absolute Gasteiger partial charge is 0.0460 e. The summed E-state index contributed by atoms with van der Waals surface area (Å²) < 4.78 is 4.08. The molecule has 0 unspecified atom stereocenters. The van der Waals surface area contributed by atoms with Gasteiger partial charge in [-0.1, -0.05) is 41.8 Å². The average Bonchev–Trinajstić information content (AvgIpc) is 3.00. The maximum absolute atomic E-state index is 3.57. The standard InChI is InChI=1S/C18H19BrS2/c1-3-4-5-6-14-10-17-18(20-14)11-16(21-17)13-7-8-15(19)12(2)9-13/h7-11H,3-6H2,1-2H3. The van der Waals surface area contributed by atoms with Gasteiger partial charge in [-0.25, -0.2) is 0 Å². The van der Waals surface area contributed by atoms with Gasteiger partial charge >= 0.3 is 0 Å². The molecule has 0 aliphatic rings. The molecule has 2 aromatic heterocycles. The predicted octanol–water partition coefficient (Wildman–Crippen LogP) is 7.43. The number of halogens is 1. The van der Waals surface area contributed by atoms with Crippen LogP contribution in [-0.4, -0.2) is 0 Å². The largest absolute Gasteiger partial charge is 0.139 e. The van der Waals surface area contributed by atoms with Crippen molar-refractivity contribution in [3.63, 3.8) is 0 Å². The molecule has 0 radical (unpaired) electrons. The van der Waals surface area contributed by atoms with Crippen molar-refractivity contribution in [2.75, 3.05) is 0 Å². The lowest BCUT2D eigenvalue weighted by molar-refractivity contribution is 0.723. The van der Waals surface area contributed by atoms with E-state index >= 15 is 0 Å². The number of aryl methyl sites for hydroxylation is 2. The molecule has 1 aromatic carbocycles. The Morgan fingerprint density at radius 2 is 1.81 bits per heavy atom. The number of unbranched alkanes of at least 4 members (excludes halogenated alkanes) is 2. The van der Waals surface area contributed by atoms with Crippen molar-refractivity contribution in [3.8, 4) is 10.4 Å². The van der Waals surface area contributed by atoms with Crippen molar-refractivity contribution in [2.24, 2.45) is 0 Å². The summed E-state index contributed by atoms with van der Waals surface area (Å²) in [4.78, 5) is 2.93. The van der Waals surface area contributed by atoms with Gasteiger partial charge in [-0.3, -0.25) is 0 Å². The fraction of sp³-hybridized carbons (Fsp3) is 0.333. The number of fused-ring (bicyclic) bond motifs is 1.